The molecular formula is C2H5BO2. The van der Waals surface area contributed by atoms with E-state index in [1.807, 2.05) is 0 Å². The van der Waals surface area contributed by atoms with Crippen LogP contribution in [0.15, 0.2) is 0 Å². The Morgan fingerprint density at radius 3 is 2.00 bits per heavy atom. The average Bonchev–Trinajstić information content (AvgIpc) is 1.79. The fourth-order valence-corrected chi connectivity index (χ4v) is 0.169. The van der Waals surface area contributed by atoms with Gasteiger partial charge in [-0.25, -0.2) is 0 Å². The SMILES string of the molecule is OB1CC1O. The average molecular weight is 71.9 g/mol. The summed E-state index contributed by atoms with van der Waals surface area (Å²) in [5.74, 6) is 0. The molecule has 0 aliphatic carbocycles. The van der Waals surface area contributed by atoms with Crippen LogP contribution in [0.5, 0.6) is 0 Å². The van der Waals surface area contributed by atoms with Crippen molar-refractivity contribution in [2.75, 3.05) is 0 Å². The number of rotatable bonds is 0. The molecule has 0 saturated carbocycles. The first kappa shape index (κ1) is 3.19. The molecule has 5 heavy (non-hydrogen) atoms. The van der Waals surface area contributed by atoms with Crippen molar-refractivity contribution in [1.29, 1.82) is 0 Å². The molecule has 1 fully saturated rings. The molecular weight excluding hydrogens is 66.8 g/mol. The van der Waals surface area contributed by atoms with Crippen LogP contribution in [0.25, 0.3) is 0 Å². The third-order valence-corrected chi connectivity index (χ3v) is 0.724. The number of hydrogen-bond donors (Lipinski definition) is 2. The van der Waals surface area contributed by atoms with Crippen molar-refractivity contribution in [3.8, 4) is 0 Å². The molecule has 0 aromatic carbocycles. The van der Waals surface area contributed by atoms with E-state index in [2.05, 4.69) is 0 Å². The molecule has 2 N–H and O–H groups in total. The van der Waals surface area contributed by atoms with Crippen LogP contribution in [0.2, 0.25) is 6.32 Å². The van der Waals surface area contributed by atoms with E-state index in [-0.39, 0.29) is 0 Å². The molecule has 1 rings (SSSR count). The van der Waals surface area contributed by atoms with E-state index >= 15 is 0 Å². The molecule has 1 unspecified atom stereocenters. The van der Waals surface area contributed by atoms with Crippen molar-refractivity contribution in [2.24, 2.45) is 0 Å². The monoisotopic (exact) mass is 72.0 g/mol. The molecule has 28 valence electrons. The fourth-order valence-electron chi connectivity index (χ4n) is 0.169. The summed E-state index contributed by atoms with van der Waals surface area (Å²) in [4.78, 5) is 0. The molecule has 3 heteroatoms. The highest BCUT2D eigenvalue weighted by Gasteiger charge is 2.38. The zero-order valence-electron chi connectivity index (χ0n) is 2.76. The van der Waals surface area contributed by atoms with Crippen molar-refractivity contribution in [3.63, 3.8) is 0 Å². The number of hydrogen-bond acceptors (Lipinski definition) is 2. The largest absolute Gasteiger partial charge is 0.448 e. The second-order valence-electron chi connectivity index (χ2n) is 1.37. The molecule has 1 heterocycles. The molecule has 0 aromatic rings. The minimum atomic E-state index is -0.394. The third-order valence-electron chi connectivity index (χ3n) is 0.724. The van der Waals surface area contributed by atoms with Crippen LogP contribution >= 0.6 is 0 Å². The van der Waals surface area contributed by atoms with Crippen molar-refractivity contribution >= 4 is 6.92 Å². The van der Waals surface area contributed by atoms with Crippen LogP contribution < -0.4 is 0 Å². The van der Waals surface area contributed by atoms with Gasteiger partial charge in [0.05, 0.1) is 6.00 Å². The lowest BCUT2D eigenvalue weighted by Gasteiger charge is -1.65. The summed E-state index contributed by atoms with van der Waals surface area (Å²) in [7, 11) is 0. The Labute approximate surface area is 30.5 Å². The van der Waals surface area contributed by atoms with Crippen LogP contribution in [-0.4, -0.2) is 23.0 Å². The first-order chi connectivity index (χ1) is 2.30. The summed E-state index contributed by atoms with van der Waals surface area (Å²) in [5, 5.41) is 16.4. The van der Waals surface area contributed by atoms with Gasteiger partial charge in [-0.05, 0) is 6.32 Å². The molecule has 2 nitrogen and oxygen atoms in total. The van der Waals surface area contributed by atoms with Gasteiger partial charge in [-0.2, -0.15) is 0 Å². The molecule has 0 aromatic heterocycles. The summed E-state index contributed by atoms with van der Waals surface area (Å²) in [6, 6.07) is -0.394. The Morgan fingerprint density at radius 2 is 2.00 bits per heavy atom. The number of aliphatic hydroxyl groups excluding tert-OH is 1. The van der Waals surface area contributed by atoms with Gasteiger partial charge in [0.15, 0.2) is 0 Å². The predicted molar refractivity (Wildman–Crippen MR) is 18.8 cm³/mol. The van der Waals surface area contributed by atoms with Crippen molar-refractivity contribution < 1.29 is 10.1 Å². The highest BCUT2D eigenvalue weighted by Crippen LogP contribution is 2.15. The zero-order valence-corrected chi connectivity index (χ0v) is 2.76. The van der Waals surface area contributed by atoms with E-state index in [9.17, 15) is 0 Å². The minimum Gasteiger partial charge on any atom is -0.448 e. The van der Waals surface area contributed by atoms with Gasteiger partial charge in [0.1, 0.15) is 0 Å². The van der Waals surface area contributed by atoms with Gasteiger partial charge in [0.25, 0.3) is 0 Å². The number of aliphatic hydroxyl groups is 1. The summed E-state index contributed by atoms with van der Waals surface area (Å²) >= 11 is 0. The molecule has 0 spiro atoms. The van der Waals surface area contributed by atoms with E-state index in [4.69, 9.17) is 10.1 Å². The Balaban J connectivity index is 2.20. The highest BCUT2D eigenvalue weighted by atomic mass is 16.3. The van der Waals surface area contributed by atoms with Crippen molar-refractivity contribution in [2.45, 2.75) is 12.3 Å². The minimum absolute atomic E-state index is 0.394. The maximum Gasteiger partial charge on any atom is 0.320 e. The summed E-state index contributed by atoms with van der Waals surface area (Å²) < 4.78 is 0. The lowest BCUT2D eigenvalue weighted by atomic mass is 9.97. The Kier molecular flexibility index (Phi) is 0.464. The van der Waals surface area contributed by atoms with Crippen LogP contribution in [-0.2, 0) is 0 Å². The van der Waals surface area contributed by atoms with E-state index in [0.29, 0.717) is 6.32 Å². The molecule has 0 radical (unpaired) electrons. The maximum absolute atomic E-state index is 8.19. The smallest absolute Gasteiger partial charge is 0.320 e. The summed E-state index contributed by atoms with van der Waals surface area (Å²) in [5.41, 5.74) is 0. The predicted octanol–water partition coefficient (Wildman–Crippen LogP) is -1.12. The Morgan fingerprint density at radius 1 is 1.80 bits per heavy atom. The summed E-state index contributed by atoms with van der Waals surface area (Å²) in [6.45, 7) is -0.394. The van der Waals surface area contributed by atoms with E-state index < -0.39 is 12.9 Å². The van der Waals surface area contributed by atoms with Gasteiger partial charge in [0, 0.05) is 0 Å². The molecule has 1 aliphatic rings. The first-order valence-corrected chi connectivity index (χ1v) is 1.67. The van der Waals surface area contributed by atoms with Gasteiger partial charge in [0.2, 0.25) is 0 Å². The van der Waals surface area contributed by atoms with E-state index in [1.165, 1.54) is 0 Å². The molecule has 0 amide bonds. The lowest BCUT2D eigenvalue weighted by Crippen LogP contribution is -1.91. The highest BCUT2D eigenvalue weighted by molar-refractivity contribution is 6.63. The van der Waals surface area contributed by atoms with Crippen LogP contribution in [0.4, 0.5) is 0 Å². The Bertz CT molecular complexity index is 40.9. The third kappa shape index (κ3) is 0.438. The zero-order chi connectivity index (χ0) is 3.86. The quantitative estimate of drug-likeness (QED) is 0.356. The second-order valence-corrected chi connectivity index (χ2v) is 1.37. The lowest BCUT2D eigenvalue weighted by molar-refractivity contribution is 0.299. The Hall–Kier alpha value is -0.0151. The van der Waals surface area contributed by atoms with Crippen molar-refractivity contribution in [3.05, 3.63) is 0 Å². The second kappa shape index (κ2) is 0.728. The van der Waals surface area contributed by atoms with Crippen molar-refractivity contribution in [1.82, 2.24) is 0 Å². The molecule has 1 saturated heterocycles. The topological polar surface area (TPSA) is 40.5 Å². The van der Waals surface area contributed by atoms with E-state index in [0.717, 1.165) is 0 Å². The maximum atomic E-state index is 8.19. The van der Waals surface area contributed by atoms with Crippen LogP contribution in [0.3, 0.4) is 0 Å². The standard InChI is InChI=1S/C2H5BO2/c4-2-1-3(2)5/h2,4-5H,1H2. The fraction of sp³-hybridized carbons (Fsp3) is 1.00. The van der Waals surface area contributed by atoms with E-state index in [1.54, 1.807) is 0 Å². The van der Waals surface area contributed by atoms with Gasteiger partial charge < -0.3 is 10.1 Å². The first-order valence-electron chi connectivity index (χ1n) is 1.67. The normalized spacial score (nSPS) is 34.8. The van der Waals surface area contributed by atoms with Gasteiger partial charge in [-0.3, -0.25) is 0 Å². The van der Waals surface area contributed by atoms with Gasteiger partial charge in [-0.1, -0.05) is 0 Å². The van der Waals surface area contributed by atoms with Crippen LogP contribution in [0.1, 0.15) is 0 Å². The molecule has 1 aliphatic heterocycles. The molecule has 0 bridgehead atoms. The van der Waals surface area contributed by atoms with Gasteiger partial charge >= 0.3 is 6.92 Å². The van der Waals surface area contributed by atoms with Crippen LogP contribution in [0, 0.1) is 0 Å². The summed E-state index contributed by atoms with van der Waals surface area (Å²) in [6.07, 6.45) is 0.583. The van der Waals surface area contributed by atoms with Gasteiger partial charge in [-0.15, -0.1) is 0 Å². The molecule has 1 atom stereocenters.